The molecule has 0 aliphatic heterocycles. The van der Waals surface area contributed by atoms with Crippen LogP contribution in [0.15, 0.2) is 29.2 Å². The molecule has 0 fully saturated rings. The van der Waals surface area contributed by atoms with Gasteiger partial charge in [-0.15, -0.1) is 0 Å². The van der Waals surface area contributed by atoms with Gasteiger partial charge < -0.3 is 10.1 Å². The number of hydrogen-bond donors (Lipinski definition) is 1. The Morgan fingerprint density at radius 1 is 1.23 bits per heavy atom. The summed E-state index contributed by atoms with van der Waals surface area (Å²) in [5, 5.41) is 2.78. The molecule has 0 spiro atoms. The fourth-order valence-electron chi connectivity index (χ4n) is 2.14. The first-order valence-corrected chi connectivity index (χ1v) is 8.69. The van der Waals surface area contributed by atoms with Gasteiger partial charge in [0, 0.05) is 20.2 Å². The average Bonchev–Trinajstić information content (AvgIpc) is 2.48. The van der Waals surface area contributed by atoms with Crippen LogP contribution in [0.1, 0.15) is 32.4 Å². The van der Waals surface area contributed by atoms with E-state index in [1.807, 2.05) is 20.8 Å². The maximum Gasteiger partial charge on any atom is 0.246 e. The third-order valence-corrected chi connectivity index (χ3v) is 5.44. The van der Waals surface area contributed by atoms with Crippen LogP contribution in [-0.4, -0.2) is 45.4 Å². The lowest BCUT2D eigenvalue weighted by Crippen LogP contribution is -2.31. The summed E-state index contributed by atoms with van der Waals surface area (Å²) >= 11 is 0. The molecule has 1 rings (SSSR count). The minimum absolute atomic E-state index is 0.00123. The number of nitrogens with one attached hydrogen (secondary N) is 1. The van der Waals surface area contributed by atoms with Crippen molar-refractivity contribution in [1.29, 1.82) is 0 Å². The molecule has 22 heavy (non-hydrogen) atoms. The fraction of sp³-hybridized carbons (Fsp3) is 0.533. The second-order valence-corrected chi connectivity index (χ2v) is 6.82. The highest BCUT2D eigenvalue weighted by Crippen LogP contribution is 2.19. The lowest BCUT2D eigenvalue weighted by atomic mass is 10.1. The van der Waals surface area contributed by atoms with E-state index < -0.39 is 10.0 Å². The Bertz CT molecular complexity index is 580. The van der Waals surface area contributed by atoms with Gasteiger partial charge in [-0.1, -0.05) is 26.0 Å². The largest absolute Gasteiger partial charge is 0.375 e. The number of nitrogens with zero attached hydrogens (tertiary/aromatic N) is 1. The number of hydrogen-bond acceptors (Lipinski definition) is 4. The summed E-state index contributed by atoms with van der Waals surface area (Å²) in [6.07, 6.45) is 0. The van der Waals surface area contributed by atoms with E-state index in [1.165, 1.54) is 11.4 Å². The van der Waals surface area contributed by atoms with Crippen molar-refractivity contribution in [1.82, 2.24) is 9.62 Å². The van der Waals surface area contributed by atoms with E-state index in [9.17, 15) is 13.2 Å². The molecule has 0 heterocycles. The van der Waals surface area contributed by atoms with Crippen LogP contribution >= 0.6 is 0 Å². The number of ether oxygens (including phenoxy) is 1. The Morgan fingerprint density at radius 2 is 1.77 bits per heavy atom. The van der Waals surface area contributed by atoms with Gasteiger partial charge in [0.05, 0.1) is 10.9 Å². The third kappa shape index (κ3) is 4.53. The van der Waals surface area contributed by atoms with Crippen molar-refractivity contribution in [2.45, 2.75) is 31.7 Å². The van der Waals surface area contributed by atoms with Crippen LogP contribution in [0.2, 0.25) is 0 Å². The zero-order valence-electron chi connectivity index (χ0n) is 13.5. The summed E-state index contributed by atoms with van der Waals surface area (Å²) in [5.74, 6) is -0.213. The summed E-state index contributed by atoms with van der Waals surface area (Å²) < 4.78 is 30.9. The molecule has 0 bridgehead atoms. The molecule has 0 aliphatic carbocycles. The molecule has 1 aromatic carbocycles. The van der Waals surface area contributed by atoms with Gasteiger partial charge in [0.15, 0.2) is 0 Å². The number of sulfonamides is 1. The first-order valence-electron chi connectivity index (χ1n) is 7.25. The molecule has 1 amide bonds. The molecule has 0 aliphatic rings. The van der Waals surface area contributed by atoms with Crippen LogP contribution in [0.4, 0.5) is 0 Å². The molecule has 1 N–H and O–H groups in total. The predicted octanol–water partition coefficient (Wildman–Crippen LogP) is 1.54. The topological polar surface area (TPSA) is 75.7 Å². The highest BCUT2D eigenvalue weighted by molar-refractivity contribution is 7.89. The standard InChI is InChI=1S/C15H24N2O4S/c1-5-17(6-2)22(19,20)14-9-7-13(8-10-14)12(3)16-15(18)11-21-4/h7-10,12H,5-6,11H2,1-4H3,(H,16,18)/t12-/m0/s1. The number of rotatable bonds is 8. The quantitative estimate of drug-likeness (QED) is 0.785. The van der Waals surface area contributed by atoms with E-state index in [-0.39, 0.29) is 23.5 Å². The summed E-state index contributed by atoms with van der Waals surface area (Å²) in [4.78, 5) is 11.7. The maximum atomic E-state index is 12.4. The van der Waals surface area contributed by atoms with Gasteiger partial charge in [-0.25, -0.2) is 8.42 Å². The predicted molar refractivity (Wildman–Crippen MR) is 85.0 cm³/mol. The second kappa shape index (κ2) is 8.26. The SMILES string of the molecule is CCN(CC)S(=O)(=O)c1ccc([C@H](C)NC(=O)COC)cc1. The monoisotopic (exact) mass is 328 g/mol. The number of amides is 1. The van der Waals surface area contributed by atoms with Crippen molar-refractivity contribution in [3.05, 3.63) is 29.8 Å². The average molecular weight is 328 g/mol. The van der Waals surface area contributed by atoms with E-state index in [1.54, 1.807) is 24.3 Å². The Kier molecular flexibility index (Phi) is 6.99. The first-order chi connectivity index (χ1) is 10.4. The highest BCUT2D eigenvalue weighted by atomic mass is 32.2. The minimum atomic E-state index is -3.45. The molecule has 1 aromatic rings. The van der Waals surface area contributed by atoms with Crippen LogP contribution in [0.3, 0.4) is 0 Å². The van der Waals surface area contributed by atoms with E-state index in [4.69, 9.17) is 4.74 Å². The summed E-state index contributed by atoms with van der Waals surface area (Å²) in [5.41, 5.74) is 0.836. The Hall–Kier alpha value is -1.44. The maximum absolute atomic E-state index is 12.4. The molecule has 0 saturated heterocycles. The molecule has 6 nitrogen and oxygen atoms in total. The van der Waals surface area contributed by atoms with E-state index in [2.05, 4.69) is 5.32 Å². The Morgan fingerprint density at radius 3 is 2.23 bits per heavy atom. The number of carbonyl (C=O) groups excluding carboxylic acids is 1. The lowest BCUT2D eigenvalue weighted by molar-refractivity contribution is -0.125. The van der Waals surface area contributed by atoms with Crippen molar-refractivity contribution < 1.29 is 17.9 Å². The van der Waals surface area contributed by atoms with Gasteiger partial charge in [-0.3, -0.25) is 4.79 Å². The lowest BCUT2D eigenvalue weighted by Gasteiger charge is -2.19. The van der Waals surface area contributed by atoms with Gasteiger partial charge >= 0.3 is 0 Å². The normalized spacial score (nSPS) is 13.1. The van der Waals surface area contributed by atoms with Gasteiger partial charge in [-0.2, -0.15) is 4.31 Å². The molecule has 1 atom stereocenters. The Labute approximate surface area is 132 Å². The number of carbonyl (C=O) groups is 1. The van der Waals surface area contributed by atoms with Crippen molar-refractivity contribution >= 4 is 15.9 Å². The van der Waals surface area contributed by atoms with Crippen molar-refractivity contribution in [3.63, 3.8) is 0 Å². The number of methoxy groups -OCH3 is 1. The van der Waals surface area contributed by atoms with Gasteiger partial charge in [-0.05, 0) is 24.6 Å². The van der Waals surface area contributed by atoms with Crippen molar-refractivity contribution in [2.75, 3.05) is 26.8 Å². The molecule has 0 unspecified atom stereocenters. The molecule has 7 heteroatoms. The molecule has 0 saturated carbocycles. The summed E-state index contributed by atoms with van der Waals surface area (Å²) in [6, 6.07) is 6.36. The molecule has 0 aromatic heterocycles. The fourth-order valence-corrected chi connectivity index (χ4v) is 3.60. The zero-order chi connectivity index (χ0) is 16.8. The third-order valence-electron chi connectivity index (χ3n) is 3.38. The van der Waals surface area contributed by atoms with E-state index in [0.717, 1.165) is 5.56 Å². The van der Waals surface area contributed by atoms with Crippen LogP contribution in [0, 0.1) is 0 Å². The number of benzene rings is 1. The highest BCUT2D eigenvalue weighted by Gasteiger charge is 2.21. The molecular formula is C15H24N2O4S. The van der Waals surface area contributed by atoms with E-state index in [0.29, 0.717) is 13.1 Å². The second-order valence-electron chi connectivity index (χ2n) is 4.88. The first kappa shape index (κ1) is 18.6. The van der Waals surface area contributed by atoms with E-state index >= 15 is 0 Å². The van der Waals surface area contributed by atoms with Crippen LogP contribution in [0.25, 0.3) is 0 Å². The van der Waals surface area contributed by atoms with Crippen LogP contribution in [0.5, 0.6) is 0 Å². The minimum Gasteiger partial charge on any atom is -0.375 e. The molecular weight excluding hydrogens is 304 g/mol. The Balaban J connectivity index is 2.88. The molecule has 0 radical (unpaired) electrons. The van der Waals surface area contributed by atoms with Gasteiger partial charge in [0.25, 0.3) is 0 Å². The van der Waals surface area contributed by atoms with Crippen molar-refractivity contribution in [2.24, 2.45) is 0 Å². The summed E-state index contributed by atoms with van der Waals surface area (Å²) in [6.45, 7) is 6.32. The van der Waals surface area contributed by atoms with Crippen LogP contribution in [-0.2, 0) is 19.6 Å². The van der Waals surface area contributed by atoms with Gasteiger partial charge in [0.1, 0.15) is 6.61 Å². The van der Waals surface area contributed by atoms with Gasteiger partial charge in [0.2, 0.25) is 15.9 Å². The van der Waals surface area contributed by atoms with Crippen molar-refractivity contribution in [3.8, 4) is 0 Å². The van der Waals surface area contributed by atoms with Crippen LogP contribution < -0.4 is 5.32 Å². The zero-order valence-corrected chi connectivity index (χ0v) is 14.3. The summed E-state index contributed by atoms with van der Waals surface area (Å²) in [7, 11) is -1.99. The molecule has 124 valence electrons. The smallest absolute Gasteiger partial charge is 0.246 e.